The molecule has 2 nitrogen and oxygen atoms in total. The zero-order valence-electron chi connectivity index (χ0n) is 10.3. The highest BCUT2D eigenvalue weighted by Crippen LogP contribution is 2.24. The summed E-state index contributed by atoms with van der Waals surface area (Å²) in [5.41, 5.74) is 3.87. The Hall–Kier alpha value is -2.34. The summed E-state index contributed by atoms with van der Waals surface area (Å²) < 4.78 is 13.2. The molecule has 2 aromatic carbocycles. The van der Waals surface area contributed by atoms with Crippen molar-refractivity contribution in [2.24, 2.45) is 0 Å². The van der Waals surface area contributed by atoms with Gasteiger partial charge in [-0.25, -0.2) is 4.39 Å². The number of anilines is 2. The molecule has 0 aliphatic rings. The number of nitrogens with zero attached hydrogens (tertiary/aromatic N) is 1. The second-order valence-corrected chi connectivity index (χ2v) is 4.25. The summed E-state index contributed by atoms with van der Waals surface area (Å²) in [6.07, 6.45) is 0. The van der Waals surface area contributed by atoms with E-state index < -0.39 is 0 Å². The SMILES string of the molecule is Cc1ccc(Nc2cc(F)ccc2C)c(C#N)c1. The summed E-state index contributed by atoms with van der Waals surface area (Å²) in [6.45, 7) is 3.82. The predicted molar refractivity (Wildman–Crippen MR) is 70.3 cm³/mol. The van der Waals surface area contributed by atoms with E-state index in [-0.39, 0.29) is 5.82 Å². The van der Waals surface area contributed by atoms with E-state index in [1.807, 2.05) is 26.0 Å². The number of hydrogen-bond acceptors (Lipinski definition) is 2. The van der Waals surface area contributed by atoms with Crippen molar-refractivity contribution in [3.63, 3.8) is 0 Å². The Morgan fingerprint density at radius 1 is 1.06 bits per heavy atom. The third-order valence-electron chi connectivity index (χ3n) is 2.76. The van der Waals surface area contributed by atoms with Gasteiger partial charge in [0, 0.05) is 5.69 Å². The Bertz CT molecular complexity index is 627. The molecule has 0 heterocycles. The van der Waals surface area contributed by atoms with Gasteiger partial charge in [-0.15, -0.1) is 0 Å². The molecule has 0 fully saturated rings. The highest BCUT2D eigenvalue weighted by molar-refractivity contribution is 5.68. The largest absolute Gasteiger partial charge is 0.354 e. The molecule has 0 radical (unpaired) electrons. The standard InChI is InChI=1S/C15H13FN2/c1-10-3-6-14(12(7-10)9-17)18-15-8-13(16)5-4-11(15)2/h3-8,18H,1-2H3. The molecule has 0 unspecified atom stereocenters. The van der Waals surface area contributed by atoms with Crippen LogP contribution in [0.4, 0.5) is 15.8 Å². The minimum Gasteiger partial charge on any atom is -0.354 e. The fraction of sp³-hybridized carbons (Fsp3) is 0.133. The van der Waals surface area contributed by atoms with Crippen LogP contribution in [0.1, 0.15) is 16.7 Å². The molecule has 0 amide bonds. The number of halogens is 1. The van der Waals surface area contributed by atoms with E-state index in [1.165, 1.54) is 12.1 Å². The second kappa shape index (κ2) is 4.89. The molecule has 0 bridgehead atoms. The molecule has 0 aromatic heterocycles. The van der Waals surface area contributed by atoms with Crippen LogP contribution in [0.15, 0.2) is 36.4 Å². The molecule has 2 aromatic rings. The lowest BCUT2D eigenvalue weighted by atomic mass is 10.1. The highest BCUT2D eigenvalue weighted by atomic mass is 19.1. The molecule has 3 heteroatoms. The van der Waals surface area contributed by atoms with Gasteiger partial charge in [0.2, 0.25) is 0 Å². The molecule has 2 rings (SSSR count). The zero-order chi connectivity index (χ0) is 13.1. The Kier molecular flexibility index (Phi) is 3.29. The Balaban J connectivity index is 2.40. The molecule has 0 saturated heterocycles. The minimum atomic E-state index is -0.297. The maximum absolute atomic E-state index is 13.2. The van der Waals surface area contributed by atoms with E-state index in [0.717, 1.165) is 11.1 Å². The van der Waals surface area contributed by atoms with E-state index in [4.69, 9.17) is 5.26 Å². The monoisotopic (exact) mass is 240 g/mol. The van der Waals surface area contributed by atoms with Gasteiger partial charge in [-0.1, -0.05) is 12.1 Å². The van der Waals surface area contributed by atoms with Gasteiger partial charge in [-0.05, 0) is 49.2 Å². The third-order valence-corrected chi connectivity index (χ3v) is 2.76. The topological polar surface area (TPSA) is 35.8 Å². The van der Waals surface area contributed by atoms with Crippen LogP contribution in [0, 0.1) is 31.0 Å². The molecular weight excluding hydrogens is 227 g/mol. The van der Waals surface area contributed by atoms with Crippen LogP contribution in [0.2, 0.25) is 0 Å². The van der Waals surface area contributed by atoms with Gasteiger partial charge in [-0.3, -0.25) is 0 Å². The maximum Gasteiger partial charge on any atom is 0.125 e. The predicted octanol–water partition coefficient (Wildman–Crippen LogP) is 4.06. The molecule has 1 N–H and O–H groups in total. The fourth-order valence-electron chi connectivity index (χ4n) is 1.73. The van der Waals surface area contributed by atoms with Gasteiger partial charge in [0.05, 0.1) is 11.3 Å². The Morgan fingerprint density at radius 2 is 1.83 bits per heavy atom. The lowest BCUT2D eigenvalue weighted by Crippen LogP contribution is -1.97. The van der Waals surface area contributed by atoms with Crippen molar-refractivity contribution >= 4 is 11.4 Å². The highest BCUT2D eigenvalue weighted by Gasteiger charge is 2.05. The summed E-state index contributed by atoms with van der Waals surface area (Å²) in [7, 11) is 0. The van der Waals surface area contributed by atoms with Crippen molar-refractivity contribution in [2.75, 3.05) is 5.32 Å². The van der Waals surface area contributed by atoms with Crippen LogP contribution in [0.3, 0.4) is 0 Å². The third kappa shape index (κ3) is 2.49. The van der Waals surface area contributed by atoms with Gasteiger partial charge in [-0.2, -0.15) is 5.26 Å². The van der Waals surface area contributed by atoms with Gasteiger partial charge in [0.15, 0.2) is 0 Å². The lowest BCUT2D eigenvalue weighted by Gasteiger charge is -2.11. The van der Waals surface area contributed by atoms with Crippen molar-refractivity contribution in [2.45, 2.75) is 13.8 Å². The second-order valence-electron chi connectivity index (χ2n) is 4.25. The van der Waals surface area contributed by atoms with E-state index in [9.17, 15) is 4.39 Å². The first-order chi connectivity index (χ1) is 8.60. The number of benzene rings is 2. The van der Waals surface area contributed by atoms with Crippen LogP contribution in [0.25, 0.3) is 0 Å². The number of nitrogens with one attached hydrogen (secondary N) is 1. The Morgan fingerprint density at radius 3 is 2.56 bits per heavy atom. The zero-order valence-corrected chi connectivity index (χ0v) is 10.3. The fourth-order valence-corrected chi connectivity index (χ4v) is 1.73. The summed E-state index contributed by atoms with van der Waals surface area (Å²) in [5.74, 6) is -0.297. The van der Waals surface area contributed by atoms with Crippen molar-refractivity contribution in [3.8, 4) is 6.07 Å². The molecule has 90 valence electrons. The van der Waals surface area contributed by atoms with Gasteiger partial charge < -0.3 is 5.32 Å². The van der Waals surface area contributed by atoms with Crippen LogP contribution in [-0.4, -0.2) is 0 Å². The average molecular weight is 240 g/mol. The summed E-state index contributed by atoms with van der Waals surface area (Å²) in [6, 6.07) is 12.2. The molecule has 18 heavy (non-hydrogen) atoms. The maximum atomic E-state index is 13.2. The normalized spacial score (nSPS) is 9.89. The molecular formula is C15H13FN2. The van der Waals surface area contributed by atoms with Crippen molar-refractivity contribution in [1.29, 1.82) is 5.26 Å². The van der Waals surface area contributed by atoms with Crippen molar-refractivity contribution in [3.05, 3.63) is 58.9 Å². The first kappa shape index (κ1) is 12.1. The molecule has 0 saturated carbocycles. The number of rotatable bonds is 2. The Labute approximate surface area is 106 Å². The van der Waals surface area contributed by atoms with Crippen molar-refractivity contribution in [1.82, 2.24) is 0 Å². The summed E-state index contributed by atoms with van der Waals surface area (Å²) in [5, 5.41) is 12.2. The molecule has 0 atom stereocenters. The molecule has 0 aliphatic carbocycles. The summed E-state index contributed by atoms with van der Waals surface area (Å²) in [4.78, 5) is 0. The number of nitriles is 1. The van der Waals surface area contributed by atoms with Gasteiger partial charge >= 0.3 is 0 Å². The van der Waals surface area contributed by atoms with Crippen molar-refractivity contribution < 1.29 is 4.39 Å². The first-order valence-electron chi connectivity index (χ1n) is 5.64. The van der Waals surface area contributed by atoms with Crippen LogP contribution in [0.5, 0.6) is 0 Å². The average Bonchev–Trinajstić information content (AvgIpc) is 2.36. The van der Waals surface area contributed by atoms with E-state index in [1.54, 1.807) is 12.1 Å². The van der Waals surface area contributed by atoms with E-state index >= 15 is 0 Å². The van der Waals surface area contributed by atoms with Crippen LogP contribution in [-0.2, 0) is 0 Å². The van der Waals surface area contributed by atoms with Crippen LogP contribution >= 0.6 is 0 Å². The smallest absolute Gasteiger partial charge is 0.125 e. The number of hydrogen-bond donors (Lipinski definition) is 1. The van der Waals surface area contributed by atoms with Gasteiger partial charge in [0.25, 0.3) is 0 Å². The number of aryl methyl sites for hydroxylation is 2. The lowest BCUT2D eigenvalue weighted by molar-refractivity contribution is 0.628. The minimum absolute atomic E-state index is 0.297. The molecule has 0 spiro atoms. The van der Waals surface area contributed by atoms with E-state index in [0.29, 0.717) is 16.9 Å². The van der Waals surface area contributed by atoms with Gasteiger partial charge in [0.1, 0.15) is 11.9 Å². The first-order valence-corrected chi connectivity index (χ1v) is 5.64. The summed E-state index contributed by atoms with van der Waals surface area (Å²) >= 11 is 0. The van der Waals surface area contributed by atoms with Crippen LogP contribution < -0.4 is 5.32 Å². The quantitative estimate of drug-likeness (QED) is 0.859. The van der Waals surface area contributed by atoms with E-state index in [2.05, 4.69) is 11.4 Å². The molecule has 0 aliphatic heterocycles.